The molecule has 4 aliphatic heterocycles. The molecule has 3 fully saturated rings. The van der Waals surface area contributed by atoms with Crippen LogP contribution in [0, 0.1) is 18.3 Å². The van der Waals surface area contributed by atoms with Crippen LogP contribution in [-0.2, 0) is 22.6 Å². The lowest BCUT2D eigenvalue weighted by Gasteiger charge is -2.42. The topological polar surface area (TPSA) is 94.8 Å². The Bertz CT molecular complexity index is 1670. The number of piperazine rings is 1. The minimum Gasteiger partial charge on any atom is -0.461 e. The molecule has 1 amide bonds. The molecule has 0 bridgehead atoms. The average Bonchev–Trinajstić information content (AvgIpc) is 3.63. The van der Waals surface area contributed by atoms with Gasteiger partial charge in [-0.05, 0) is 67.6 Å². The smallest absolute Gasteiger partial charge is 0.318 e. The fraction of sp³-hybridized carbons (Fsp3) is 0.486. The zero-order chi connectivity index (χ0) is 31.1. The van der Waals surface area contributed by atoms with E-state index in [-0.39, 0.29) is 24.6 Å². The van der Waals surface area contributed by atoms with Gasteiger partial charge >= 0.3 is 6.01 Å². The second-order valence-electron chi connectivity index (χ2n) is 12.9. The number of carbonyl (C=O) groups excluding carboxylic acids is 1. The molecule has 9 nitrogen and oxygen atoms in total. The van der Waals surface area contributed by atoms with E-state index in [2.05, 4.69) is 65.8 Å². The van der Waals surface area contributed by atoms with Gasteiger partial charge in [-0.1, -0.05) is 43.0 Å². The van der Waals surface area contributed by atoms with E-state index in [1.165, 1.54) is 34.1 Å². The van der Waals surface area contributed by atoms with Crippen LogP contribution >= 0.6 is 0 Å². The number of ether oxygens (including phenoxy) is 2. The van der Waals surface area contributed by atoms with Crippen LogP contribution in [0.1, 0.15) is 60.6 Å². The number of aromatic nitrogens is 2. The highest BCUT2D eigenvalue weighted by molar-refractivity contribution is 5.91. The van der Waals surface area contributed by atoms with Crippen LogP contribution in [-0.4, -0.2) is 76.6 Å². The molecular formula is C35H39FN6O3. The minimum atomic E-state index is -1.02. The molecule has 3 aromatic rings. The molecule has 45 heavy (non-hydrogen) atoms. The van der Waals surface area contributed by atoms with Crippen LogP contribution in [0.4, 0.5) is 10.2 Å². The SMILES string of the molecule is C=C(F)C(=O)N1CCN(c2nc(OCC34CCCN3CCC4)nc3c2COC(c2cccc4cccc(C)c24)C3)C[C@@H]1CC#N. The van der Waals surface area contributed by atoms with Gasteiger partial charge in [0.25, 0.3) is 5.91 Å². The number of fused-ring (bicyclic) bond motifs is 3. The summed E-state index contributed by atoms with van der Waals surface area (Å²) in [5, 5.41) is 11.9. The number of carbonyl (C=O) groups is 1. The highest BCUT2D eigenvalue weighted by atomic mass is 19.1. The van der Waals surface area contributed by atoms with Crippen molar-refractivity contribution in [3.63, 3.8) is 0 Å². The predicted octanol–water partition coefficient (Wildman–Crippen LogP) is 5.17. The summed E-state index contributed by atoms with van der Waals surface area (Å²) in [5.74, 6) is -1.09. The maximum atomic E-state index is 13.9. The number of hydrogen-bond donors (Lipinski definition) is 0. The van der Waals surface area contributed by atoms with Gasteiger partial charge in [0, 0.05) is 31.6 Å². The normalized spacial score (nSPS) is 22.6. The molecule has 234 valence electrons. The molecule has 0 N–H and O–H groups in total. The third-order valence-corrected chi connectivity index (χ3v) is 10.2. The van der Waals surface area contributed by atoms with Crippen LogP contribution in [0.3, 0.4) is 0 Å². The molecule has 1 aromatic heterocycles. The molecule has 4 aliphatic rings. The fourth-order valence-electron chi connectivity index (χ4n) is 8.00. The molecule has 0 saturated carbocycles. The number of benzene rings is 2. The summed E-state index contributed by atoms with van der Waals surface area (Å²) in [5.41, 5.74) is 4.16. The Balaban J connectivity index is 1.23. The van der Waals surface area contributed by atoms with E-state index in [4.69, 9.17) is 19.4 Å². The average molecular weight is 611 g/mol. The van der Waals surface area contributed by atoms with Crippen molar-refractivity contribution in [3.05, 3.63) is 71.2 Å². The van der Waals surface area contributed by atoms with Crippen molar-refractivity contribution in [1.82, 2.24) is 19.8 Å². The van der Waals surface area contributed by atoms with E-state index in [9.17, 15) is 14.4 Å². The number of amides is 1. The molecule has 0 spiro atoms. The predicted molar refractivity (Wildman–Crippen MR) is 168 cm³/mol. The summed E-state index contributed by atoms with van der Waals surface area (Å²) in [6.07, 6.45) is 5.04. The van der Waals surface area contributed by atoms with E-state index in [1.54, 1.807) is 0 Å². The molecule has 5 heterocycles. The molecule has 0 radical (unpaired) electrons. The molecule has 10 heteroatoms. The molecule has 1 unspecified atom stereocenters. The summed E-state index contributed by atoms with van der Waals surface area (Å²) in [7, 11) is 0. The Morgan fingerprint density at radius 1 is 1.16 bits per heavy atom. The third kappa shape index (κ3) is 5.42. The van der Waals surface area contributed by atoms with Crippen molar-refractivity contribution in [3.8, 4) is 12.1 Å². The first kappa shape index (κ1) is 29.6. The molecule has 3 saturated heterocycles. The first-order valence-electron chi connectivity index (χ1n) is 16.0. The van der Waals surface area contributed by atoms with Crippen LogP contribution in [0.15, 0.2) is 48.8 Å². The number of anilines is 1. The van der Waals surface area contributed by atoms with Crippen molar-refractivity contribution in [2.75, 3.05) is 44.2 Å². The summed E-state index contributed by atoms with van der Waals surface area (Å²) < 4.78 is 26.9. The van der Waals surface area contributed by atoms with E-state index in [0.717, 1.165) is 42.8 Å². The lowest BCUT2D eigenvalue weighted by Crippen LogP contribution is -2.55. The van der Waals surface area contributed by atoms with E-state index in [1.807, 2.05) is 0 Å². The zero-order valence-electron chi connectivity index (χ0n) is 25.8. The Morgan fingerprint density at radius 2 is 1.93 bits per heavy atom. The second kappa shape index (κ2) is 12.0. The Labute approximate surface area is 263 Å². The number of nitriles is 1. The Kier molecular flexibility index (Phi) is 7.92. The number of rotatable bonds is 7. The first-order chi connectivity index (χ1) is 21.9. The van der Waals surface area contributed by atoms with Gasteiger partial charge in [-0.3, -0.25) is 9.69 Å². The van der Waals surface area contributed by atoms with Gasteiger partial charge < -0.3 is 19.3 Å². The zero-order valence-corrected chi connectivity index (χ0v) is 25.8. The number of aryl methyl sites for hydroxylation is 1. The van der Waals surface area contributed by atoms with Crippen LogP contribution < -0.4 is 9.64 Å². The largest absolute Gasteiger partial charge is 0.461 e. The summed E-state index contributed by atoms with van der Waals surface area (Å²) in [4.78, 5) is 28.6. The van der Waals surface area contributed by atoms with Gasteiger partial charge in [0.05, 0.1) is 42.5 Å². The van der Waals surface area contributed by atoms with Gasteiger partial charge in [-0.2, -0.15) is 15.2 Å². The molecule has 7 rings (SSSR count). The standard InChI is InChI=1S/C35H39FN6O3/c1-23-7-3-8-25-9-4-10-27(31(23)25)30-19-29-28(21-44-30)32(40-17-18-42(33(43)24(2)36)26(20-40)11-14-37)39-34(38-29)45-22-35-12-5-15-41(35)16-6-13-35/h3-4,7-10,26,30H,2,5-6,11-13,15-22H2,1H3/t26-,30?/m0/s1. The Morgan fingerprint density at radius 3 is 2.69 bits per heavy atom. The fourth-order valence-corrected chi connectivity index (χ4v) is 8.00. The minimum absolute atomic E-state index is 0.0458. The lowest BCUT2D eigenvalue weighted by molar-refractivity contribution is -0.131. The van der Waals surface area contributed by atoms with E-state index < -0.39 is 17.8 Å². The first-order valence-corrected chi connectivity index (χ1v) is 16.0. The van der Waals surface area contributed by atoms with Crippen LogP contribution in [0.25, 0.3) is 10.8 Å². The Hall–Kier alpha value is -4.07. The van der Waals surface area contributed by atoms with Crippen LogP contribution in [0.2, 0.25) is 0 Å². The molecular weight excluding hydrogens is 571 g/mol. The van der Waals surface area contributed by atoms with Gasteiger partial charge in [0.1, 0.15) is 12.4 Å². The highest BCUT2D eigenvalue weighted by Gasteiger charge is 2.45. The van der Waals surface area contributed by atoms with Crippen molar-refractivity contribution in [2.24, 2.45) is 0 Å². The van der Waals surface area contributed by atoms with Crippen molar-refractivity contribution in [2.45, 2.75) is 69.7 Å². The quantitative estimate of drug-likeness (QED) is 0.338. The number of halogens is 1. The van der Waals surface area contributed by atoms with Gasteiger partial charge in [0.15, 0.2) is 5.83 Å². The molecule has 2 aromatic carbocycles. The monoisotopic (exact) mass is 610 g/mol. The van der Waals surface area contributed by atoms with Gasteiger partial charge in [-0.25, -0.2) is 4.39 Å². The molecule has 0 aliphatic carbocycles. The van der Waals surface area contributed by atoms with E-state index >= 15 is 0 Å². The van der Waals surface area contributed by atoms with Gasteiger partial charge in [-0.15, -0.1) is 0 Å². The highest BCUT2D eigenvalue weighted by Crippen LogP contribution is 2.41. The van der Waals surface area contributed by atoms with Crippen molar-refractivity contribution in [1.29, 1.82) is 5.26 Å². The third-order valence-electron chi connectivity index (χ3n) is 10.2. The lowest BCUT2D eigenvalue weighted by atomic mass is 9.92. The maximum Gasteiger partial charge on any atom is 0.318 e. The second-order valence-corrected chi connectivity index (χ2v) is 12.9. The summed E-state index contributed by atoms with van der Waals surface area (Å²) in [6.45, 7) is 9.41. The maximum absolute atomic E-state index is 13.9. The molecule has 2 atom stereocenters. The van der Waals surface area contributed by atoms with Gasteiger partial charge in [0.2, 0.25) is 0 Å². The van der Waals surface area contributed by atoms with Crippen LogP contribution in [0.5, 0.6) is 6.01 Å². The van der Waals surface area contributed by atoms with E-state index in [0.29, 0.717) is 44.6 Å². The van der Waals surface area contributed by atoms with Crippen molar-refractivity contribution < 1.29 is 18.7 Å². The van der Waals surface area contributed by atoms with Crippen molar-refractivity contribution >= 4 is 22.5 Å². The summed E-state index contributed by atoms with van der Waals surface area (Å²) in [6, 6.07) is 14.7. The number of nitrogens with zero attached hydrogens (tertiary/aromatic N) is 6. The summed E-state index contributed by atoms with van der Waals surface area (Å²) >= 11 is 0. The number of hydrogen-bond acceptors (Lipinski definition) is 8.